The first kappa shape index (κ1) is 27.4. The molecule has 4 rings (SSSR count). The third-order valence-corrected chi connectivity index (χ3v) is 7.41. The fourth-order valence-electron chi connectivity index (χ4n) is 4.48. The summed E-state index contributed by atoms with van der Waals surface area (Å²) in [7, 11) is 5.67. The largest absolute Gasteiger partial charge is 0.497 e. The minimum Gasteiger partial charge on any atom is -0.497 e. The lowest BCUT2D eigenvalue weighted by Crippen LogP contribution is -2.50. The highest BCUT2D eigenvalue weighted by atomic mass is 32.1. The van der Waals surface area contributed by atoms with Gasteiger partial charge in [-0.25, -0.2) is 0 Å². The van der Waals surface area contributed by atoms with Crippen molar-refractivity contribution in [1.29, 1.82) is 0 Å². The van der Waals surface area contributed by atoms with Crippen LogP contribution < -0.4 is 10.1 Å². The molecule has 1 N–H and O–H groups in total. The number of piperidine rings is 1. The van der Waals surface area contributed by atoms with Crippen LogP contribution >= 0.6 is 12.6 Å². The Morgan fingerprint density at radius 3 is 2.34 bits per heavy atom. The number of aryl methyl sites for hydroxylation is 2. The van der Waals surface area contributed by atoms with E-state index in [1.807, 2.05) is 30.9 Å². The number of thiol groups is 1. The second-order valence-corrected chi connectivity index (χ2v) is 9.94. The van der Waals surface area contributed by atoms with E-state index in [9.17, 15) is 4.79 Å². The van der Waals surface area contributed by atoms with Crippen molar-refractivity contribution in [3.8, 4) is 5.75 Å². The van der Waals surface area contributed by atoms with Crippen LogP contribution in [0.3, 0.4) is 0 Å². The Morgan fingerprint density at radius 1 is 1.14 bits per heavy atom. The molecule has 0 unspecified atom stereocenters. The molecule has 1 aromatic heterocycles. The van der Waals surface area contributed by atoms with Crippen molar-refractivity contribution < 1.29 is 14.1 Å². The molecule has 1 aromatic carbocycles. The van der Waals surface area contributed by atoms with Gasteiger partial charge in [0.1, 0.15) is 5.75 Å². The first-order chi connectivity index (χ1) is 16.8. The van der Waals surface area contributed by atoms with E-state index in [0.717, 1.165) is 60.4 Å². The summed E-state index contributed by atoms with van der Waals surface area (Å²) in [5.74, 6) is 2.19. The number of piperazine rings is 1. The van der Waals surface area contributed by atoms with E-state index in [1.54, 1.807) is 14.2 Å². The number of nitrogens with zero attached hydrogens (tertiary/aromatic N) is 5. The normalized spacial score (nSPS) is 17.7. The van der Waals surface area contributed by atoms with Gasteiger partial charge in [-0.15, -0.1) is 12.6 Å². The summed E-state index contributed by atoms with van der Waals surface area (Å²) >= 11 is 4.34. The number of benzene rings is 1. The maximum atomic E-state index is 12.4. The SMILES string of the molecule is CNCc1nc(C(=O)N2CCN(CC3CCN(C)CC3)CC2)no1.COc1cc(C)c(S)c(C)c1. The molecule has 1 amide bonds. The number of hydrogen-bond acceptors (Lipinski definition) is 9. The number of methoxy groups -OCH3 is 1. The van der Waals surface area contributed by atoms with E-state index >= 15 is 0 Å². The van der Waals surface area contributed by atoms with Gasteiger partial charge >= 0.3 is 0 Å². The van der Waals surface area contributed by atoms with Gasteiger partial charge in [-0.1, -0.05) is 5.16 Å². The maximum Gasteiger partial charge on any atom is 0.295 e. The van der Waals surface area contributed by atoms with E-state index in [-0.39, 0.29) is 11.7 Å². The van der Waals surface area contributed by atoms with Gasteiger partial charge in [0.2, 0.25) is 5.89 Å². The maximum absolute atomic E-state index is 12.4. The number of ether oxygens (including phenoxy) is 1. The van der Waals surface area contributed by atoms with Gasteiger partial charge in [-0.3, -0.25) is 9.69 Å². The Labute approximate surface area is 214 Å². The van der Waals surface area contributed by atoms with Crippen LogP contribution in [0.5, 0.6) is 5.75 Å². The number of hydrogen-bond donors (Lipinski definition) is 2. The van der Waals surface area contributed by atoms with Crippen LogP contribution in [0.1, 0.15) is 40.5 Å². The van der Waals surface area contributed by atoms with Crippen LogP contribution in [0, 0.1) is 19.8 Å². The van der Waals surface area contributed by atoms with E-state index in [4.69, 9.17) is 9.26 Å². The summed E-state index contributed by atoms with van der Waals surface area (Å²) in [6.07, 6.45) is 2.57. The molecule has 0 saturated carbocycles. The summed E-state index contributed by atoms with van der Waals surface area (Å²) in [5.41, 5.74) is 2.32. The second kappa shape index (κ2) is 13.2. The van der Waals surface area contributed by atoms with Crippen LogP contribution in [0.25, 0.3) is 0 Å². The minimum atomic E-state index is -0.125. The van der Waals surface area contributed by atoms with Crippen LogP contribution in [0.4, 0.5) is 0 Å². The fraction of sp³-hybridized carbons (Fsp3) is 0.640. The Hall–Kier alpha value is -2.14. The number of aromatic nitrogens is 2. The van der Waals surface area contributed by atoms with Gasteiger partial charge in [0.05, 0.1) is 13.7 Å². The second-order valence-electron chi connectivity index (χ2n) is 9.49. The molecular formula is C25H40N6O3S. The number of carbonyl (C=O) groups excluding carboxylic acids is 1. The van der Waals surface area contributed by atoms with Crippen LogP contribution in [-0.2, 0) is 6.54 Å². The van der Waals surface area contributed by atoms with Gasteiger partial charge in [-0.05, 0) is 83.1 Å². The van der Waals surface area contributed by atoms with Crippen molar-refractivity contribution in [3.63, 3.8) is 0 Å². The van der Waals surface area contributed by atoms with Crippen molar-refractivity contribution in [2.75, 3.05) is 67.0 Å². The predicted molar refractivity (Wildman–Crippen MR) is 139 cm³/mol. The first-order valence-electron chi connectivity index (χ1n) is 12.3. The van der Waals surface area contributed by atoms with Gasteiger partial charge in [0.25, 0.3) is 11.7 Å². The lowest BCUT2D eigenvalue weighted by Gasteiger charge is -2.38. The Kier molecular flexibility index (Phi) is 10.4. The topological polar surface area (TPSA) is 87.0 Å². The summed E-state index contributed by atoms with van der Waals surface area (Å²) in [4.78, 5) is 24.4. The van der Waals surface area contributed by atoms with Crippen LogP contribution in [0.2, 0.25) is 0 Å². The number of amides is 1. The van der Waals surface area contributed by atoms with Gasteiger partial charge in [0.15, 0.2) is 0 Å². The smallest absolute Gasteiger partial charge is 0.295 e. The lowest BCUT2D eigenvalue weighted by molar-refractivity contribution is 0.0580. The van der Waals surface area contributed by atoms with E-state index in [1.165, 1.54) is 25.9 Å². The van der Waals surface area contributed by atoms with E-state index in [0.29, 0.717) is 12.4 Å². The highest BCUT2D eigenvalue weighted by Crippen LogP contribution is 2.24. The number of rotatable bonds is 6. The predicted octanol–water partition coefficient (Wildman–Crippen LogP) is 2.49. The molecule has 0 aliphatic carbocycles. The molecule has 2 aliphatic rings. The highest BCUT2D eigenvalue weighted by Gasteiger charge is 2.27. The molecule has 0 atom stereocenters. The molecule has 2 aromatic rings. The van der Waals surface area contributed by atoms with Crippen molar-refractivity contribution in [1.82, 2.24) is 30.2 Å². The van der Waals surface area contributed by atoms with Crippen molar-refractivity contribution in [2.24, 2.45) is 5.92 Å². The lowest BCUT2D eigenvalue weighted by atomic mass is 9.96. The van der Waals surface area contributed by atoms with Crippen LogP contribution in [-0.4, -0.2) is 97.8 Å². The van der Waals surface area contributed by atoms with Crippen molar-refractivity contribution in [3.05, 3.63) is 35.0 Å². The van der Waals surface area contributed by atoms with E-state index < -0.39 is 0 Å². The zero-order chi connectivity index (χ0) is 25.4. The average molecular weight is 505 g/mol. The average Bonchev–Trinajstić information content (AvgIpc) is 3.33. The molecule has 2 fully saturated rings. The molecule has 0 spiro atoms. The van der Waals surface area contributed by atoms with Crippen molar-refractivity contribution in [2.45, 2.75) is 38.1 Å². The zero-order valence-electron chi connectivity index (χ0n) is 21.7. The van der Waals surface area contributed by atoms with Crippen LogP contribution in [0.15, 0.2) is 21.6 Å². The fourth-order valence-corrected chi connectivity index (χ4v) is 4.61. The number of nitrogens with one attached hydrogen (secondary N) is 1. The molecule has 2 saturated heterocycles. The molecule has 2 aliphatic heterocycles. The Morgan fingerprint density at radius 2 is 1.77 bits per heavy atom. The van der Waals surface area contributed by atoms with Gasteiger partial charge in [-0.2, -0.15) is 4.98 Å². The molecular weight excluding hydrogens is 464 g/mol. The third kappa shape index (κ3) is 7.93. The molecule has 194 valence electrons. The molecule has 0 bridgehead atoms. The minimum absolute atomic E-state index is 0.125. The van der Waals surface area contributed by atoms with Gasteiger partial charge < -0.3 is 24.4 Å². The summed E-state index contributed by atoms with van der Waals surface area (Å²) in [6, 6.07) is 3.96. The molecule has 0 radical (unpaired) electrons. The van der Waals surface area contributed by atoms with E-state index in [2.05, 4.69) is 44.9 Å². The third-order valence-electron chi connectivity index (χ3n) is 6.70. The Bertz CT molecular complexity index is 929. The molecule has 9 nitrogen and oxygen atoms in total. The quantitative estimate of drug-likeness (QED) is 0.581. The highest BCUT2D eigenvalue weighted by molar-refractivity contribution is 7.80. The standard InChI is InChI=1S/C16H28N6O2.C9H12OS/c1-17-11-14-18-15(19-24-14)16(23)22-9-7-21(8-10-22)12-13-3-5-20(2)6-4-13;1-6-4-8(10-3)5-7(2)9(6)11/h13,17H,3-12H2,1-2H3;4-5,11H,1-3H3. The monoisotopic (exact) mass is 504 g/mol. The number of carbonyl (C=O) groups is 1. The van der Waals surface area contributed by atoms with Crippen molar-refractivity contribution >= 4 is 18.5 Å². The molecule has 10 heteroatoms. The number of likely N-dealkylation sites (tertiary alicyclic amines) is 1. The molecule has 3 heterocycles. The summed E-state index contributed by atoms with van der Waals surface area (Å²) < 4.78 is 10.2. The summed E-state index contributed by atoms with van der Waals surface area (Å²) in [6.45, 7) is 11.4. The zero-order valence-corrected chi connectivity index (χ0v) is 22.6. The Balaban J connectivity index is 0.000000261. The summed E-state index contributed by atoms with van der Waals surface area (Å²) in [5, 5.41) is 6.73. The first-order valence-corrected chi connectivity index (χ1v) is 12.8. The molecule has 35 heavy (non-hydrogen) atoms. The van der Waals surface area contributed by atoms with Gasteiger partial charge in [0, 0.05) is 37.6 Å².